The third kappa shape index (κ3) is 3.30. The molecule has 1 fully saturated rings. The number of H-pyrrole nitrogens is 1. The first-order valence-corrected chi connectivity index (χ1v) is 8.45. The van der Waals surface area contributed by atoms with Gasteiger partial charge in [0.1, 0.15) is 5.82 Å². The van der Waals surface area contributed by atoms with Crippen LogP contribution in [-0.4, -0.2) is 34.3 Å². The van der Waals surface area contributed by atoms with Gasteiger partial charge in [-0.25, -0.2) is 10.1 Å². The number of hydrogen-bond acceptors (Lipinski definition) is 6. The van der Waals surface area contributed by atoms with Gasteiger partial charge in [0.25, 0.3) is 5.56 Å². The molecule has 1 unspecified atom stereocenters. The first-order chi connectivity index (χ1) is 10.6. The lowest BCUT2D eigenvalue weighted by molar-refractivity contribution is 0.467. The quantitative estimate of drug-likeness (QED) is 0.904. The van der Waals surface area contributed by atoms with Gasteiger partial charge >= 0.3 is 0 Å². The van der Waals surface area contributed by atoms with E-state index < -0.39 is 0 Å². The van der Waals surface area contributed by atoms with Gasteiger partial charge in [0.2, 0.25) is 0 Å². The van der Waals surface area contributed by atoms with Gasteiger partial charge in [0.15, 0.2) is 5.13 Å². The molecule has 2 N–H and O–H groups in total. The molecule has 0 spiro atoms. The fourth-order valence-electron chi connectivity index (χ4n) is 2.76. The standard InChI is InChI=1S/C15H21N5OS/c1-10-11(2)22-15(17-10)16-9-12-5-3-4-8-20(12)13-6-7-14(21)19-18-13/h6-7,12H,3-5,8-9H2,1-2H3,(H,16,17)(H,19,21). The van der Waals surface area contributed by atoms with Crippen LogP contribution < -0.4 is 15.8 Å². The smallest absolute Gasteiger partial charge is 0.264 e. The van der Waals surface area contributed by atoms with E-state index in [4.69, 9.17) is 0 Å². The zero-order valence-electron chi connectivity index (χ0n) is 12.9. The summed E-state index contributed by atoms with van der Waals surface area (Å²) in [6.07, 6.45) is 3.51. The lowest BCUT2D eigenvalue weighted by atomic mass is 10.0. The van der Waals surface area contributed by atoms with Gasteiger partial charge in [0, 0.05) is 30.1 Å². The Morgan fingerprint density at radius 1 is 1.41 bits per heavy atom. The van der Waals surface area contributed by atoms with Crippen LogP contribution in [0.3, 0.4) is 0 Å². The zero-order valence-corrected chi connectivity index (χ0v) is 13.7. The summed E-state index contributed by atoms with van der Waals surface area (Å²) >= 11 is 1.70. The average Bonchev–Trinajstić information content (AvgIpc) is 2.85. The Morgan fingerprint density at radius 2 is 2.27 bits per heavy atom. The third-order valence-electron chi connectivity index (χ3n) is 4.10. The van der Waals surface area contributed by atoms with E-state index in [0.717, 1.165) is 42.6 Å². The number of aromatic amines is 1. The summed E-state index contributed by atoms with van der Waals surface area (Å²) in [5, 5.41) is 11.1. The van der Waals surface area contributed by atoms with Crippen molar-refractivity contribution in [2.24, 2.45) is 0 Å². The van der Waals surface area contributed by atoms with Crippen molar-refractivity contribution in [3.8, 4) is 0 Å². The number of nitrogens with one attached hydrogen (secondary N) is 2. The van der Waals surface area contributed by atoms with Gasteiger partial charge in [-0.15, -0.1) is 11.3 Å². The van der Waals surface area contributed by atoms with Crippen LogP contribution in [0.15, 0.2) is 16.9 Å². The number of piperidine rings is 1. The number of aromatic nitrogens is 3. The summed E-state index contributed by atoms with van der Waals surface area (Å²) in [7, 11) is 0. The molecule has 3 heterocycles. The molecule has 118 valence electrons. The van der Waals surface area contributed by atoms with E-state index in [2.05, 4.69) is 32.3 Å². The predicted octanol–water partition coefficient (Wildman–Crippen LogP) is 2.31. The van der Waals surface area contributed by atoms with Crippen molar-refractivity contribution in [1.82, 2.24) is 15.2 Å². The molecule has 1 saturated heterocycles. The van der Waals surface area contributed by atoms with Crippen molar-refractivity contribution in [2.45, 2.75) is 39.2 Å². The summed E-state index contributed by atoms with van der Waals surface area (Å²) in [5.41, 5.74) is 0.930. The van der Waals surface area contributed by atoms with Crippen molar-refractivity contribution in [3.05, 3.63) is 33.1 Å². The molecular weight excluding hydrogens is 298 g/mol. The number of nitrogens with zero attached hydrogens (tertiary/aromatic N) is 3. The molecule has 2 aromatic rings. The van der Waals surface area contributed by atoms with E-state index in [0.29, 0.717) is 6.04 Å². The van der Waals surface area contributed by atoms with Gasteiger partial charge in [-0.05, 0) is 39.2 Å². The van der Waals surface area contributed by atoms with Crippen LogP contribution in [0.25, 0.3) is 0 Å². The minimum Gasteiger partial charge on any atom is -0.359 e. The van der Waals surface area contributed by atoms with Crippen LogP contribution >= 0.6 is 11.3 Å². The number of hydrogen-bond donors (Lipinski definition) is 2. The molecule has 7 heteroatoms. The predicted molar refractivity (Wildman–Crippen MR) is 89.9 cm³/mol. The average molecular weight is 319 g/mol. The fraction of sp³-hybridized carbons (Fsp3) is 0.533. The third-order valence-corrected chi connectivity index (χ3v) is 5.13. The van der Waals surface area contributed by atoms with Crippen molar-refractivity contribution < 1.29 is 0 Å². The first kappa shape index (κ1) is 15.0. The van der Waals surface area contributed by atoms with Crippen LogP contribution in [0.4, 0.5) is 10.9 Å². The van der Waals surface area contributed by atoms with Crippen LogP contribution in [-0.2, 0) is 0 Å². The highest BCUT2D eigenvalue weighted by Crippen LogP contribution is 2.25. The van der Waals surface area contributed by atoms with Crippen molar-refractivity contribution >= 4 is 22.3 Å². The van der Waals surface area contributed by atoms with Gasteiger partial charge in [-0.1, -0.05) is 0 Å². The van der Waals surface area contributed by atoms with E-state index in [9.17, 15) is 4.79 Å². The molecule has 0 amide bonds. The monoisotopic (exact) mass is 319 g/mol. The Kier molecular flexibility index (Phi) is 4.42. The molecule has 0 radical (unpaired) electrons. The van der Waals surface area contributed by atoms with Crippen molar-refractivity contribution in [2.75, 3.05) is 23.3 Å². The minimum atomic E-state index is -0.163. The molecule has 3 rings (SSSR count). The maximum absolute atomic E-state index is 11.2. The van der Waals surface area contributed by atoms with E-state index in [-0.39, 0.29) is 5.56 Å². The molecule has 0 aliphatic carbocycles. The normalized spacial score (nSPS) is 18.5. The summed E-state index contributed by atoms with van der Waals surface area (Å²) in [4.78, 5) is 19.2. The van der Waals surface area contributed by atoms with E-state index in [1.165, 1.54) is 17.4 Å². The van der Waals surface area contributed by atoms with E-state index >= 15 is 0 Å². The Labute approximate surface area is 133 Å². The lowest BCUT2D eigenvalue weighted by Crippen LogP contribution is -2.44. The summed E-state index contributed by atoms with van der Waals surface area (Å²) in [6.45, 7) is 5.94. The number of rotatable bonds is 4. The SMILES string of the molecule is Cc1nc(NCC2CCCCN2c2ccc(=O)[nH]n2)sc1C. The molecule has 1 atom stereocenters. The number of aryl methyl sites for hydroxylation is 2. The molecule has 1 aliphatic heterocycles. The minimum absolute atomic E-state index is 0.163. The Morgan fingerprint density at radius 3 is 2.95 bits per heavy atom. The molecule has 6 nitrogen and oxygen atoms in total. The molecular formula is C15H21N5OS. The van der Waals surface area contributed by atoms with E-state index in [1.807, 2.05) is 6.92 Å². The van der Waals surface area contributed by atoms with Crippen LogP contribution in [0, 0.1) is 13.8 Å². The largest absolute Gasteiger partial charge is 0.359 e. The number of thiazole rings is 1. The number of anilines is 2. The van der Waals surface area contributed by atoms with Gasteiger partial charge < -0.3 is 10.2 Å². The summed E-state index contributed by atoms with van der Waals surface area (Å²) < 4.78 is 0. The maximum Gasteiger partial charge on any atom is 0.264 e. The molecule has 22 heavy (non-hydrogen) atoms. The molecule has 1 aliphatic rings. The second-order valence-corrected chi connectivity index (χ2v) is 6.87. The summed E-state index contributed by atoms with van der Waals surface area (Å²) in [5.74, 6) is 0.845. The highest BCUT2D eigenvalue weighted by molar-refractivity contribution is 7.15. The fourth-order valence-corrected chi connectivity index (χ4v) is 3.59. The molecule has 0 bridgehead atoms. The maximum atomic E-state index is 11.2. The highest BCUT2D eigenvalue weighted by atomic mass is 32.1. The van der Waals surface area contributed by atoms with Gasteiger partial charge in [-0.2, -0.15) is 5.10 Å². The van der Waals surface area contributed by atoms with Crippen LogP contribution in [0.1, 0.15) is 29.8 Å². The first-order valence-electron chi connectivity index (χ1n) is 7.64. The Balaban J connectivity index is 1.69. The second kappa shape index (κ2) is 6.48. The molecule has 0 aromatic carbocycles. The topological polar surface area (TPSA) is 73.9 Å². The second-order valence-electron chi connectivity index (χ2n) is 5.66. The zero-order chi connectivity index (χ0) is 15.5. The summed E-state index contributed by atoms with van der Waals surface area (Å²) in [6, 6.07) is 3.71. The highest BCUT2D eigenvalue weighted by Gasteiger charge is 2.23. The molecule has 2 aromatic heterocycles. The Bertz CT molecular complexity index is 655. The molecule has 0 saturated carbocycles. The van der Waals surface area contributed by atoms with Crippen LogP contribution in [0.5, 0.6) is 0 Å². The Hall–Kier alpha value is -1.89. The van der Waals surface area contributed by atoms with Crippen LogP contribution in [0.2, 0.25) is 0 Å². The lowest BCUT2D eigenvalue weighted by Gasteiger charge is -2.36. The van der Waals surface area contributed by atoms with Crippen molar-refractivity contribution in [1.29, 1.82) is 0 Å². The van der Waals surface area contributed by atoms with Gasteiger partial charge in [0.05, 0.1) is 5.69 Å². The van der Waals surface area contributed by atoms with Gasteiger partial charge in [-0.3, -0.25) is 4.79 Å². The van der Waals surface area contributed by atoms with Crippen molar-refractivity contribution in [3.63, 3.8) is 0 Å². The van der Waals surface area contributed by atoms with E-state index in [1.54, 1.807) is 17.4 Å².